The molecule has 0 atom stereocenters. The minimum Gasteiger partial charge on any atom is -0.468 e. The van der Waals surface area contributed by atoms with Crippen LogP contribution in [0.15, 0.2) is 16.7 Å². The molecule has 1 radical (unpaired) electrons. The zero-order valence-corrected chi connectivity index (χ0v) is 4.35. The summed E-state index contributed by atoms with van der Waals surface area (Å²) >= 11 is 0. The summed E-state index contributed by atoms with van der Waals surface area (Å²) in [6.07, 6.45) is 6.53. The third-order valence-corrected chi connectivity index (χ3v) is 0.820. The van der Waals surface area contributed by atoms with Gasteiger partial charge >= 0.3 is 0 Å². The van der Waals surface area contributed by atoms with Crippen molar-refractivity contribution in [2.75, 3.05) is 0 Å². The van der Waals surface area contributed by atoms with Crippen LogP contribution in [0.3, 0.4) is 0 Å². The molecule has 8 heavy (non-hydrogen) atoms. The minimum absolute atomic E-state index is 0.609. The molecule has 0 N–H and O–H groups in total. The van der Waals surface area contributed by atoms with Gasteiger partial charge in [0.25, 0.3) is 0 Å². The predicted molar refractivity (Wildman–Crippen MR) is 31.1 cm³/mol. The summed E-state index contributed by atoms with van der Waals surface area (Å²) in [4.78, 5) is 0. The fourth-order valence-corrected chi connectivity index (χ4v) is 0.456. The Morgan fingerprint density at radius 3 is 2.75 bits per heavy atom. The molecule has 1 heteroatoms. The van der Waals surface area contributed by atoms with Crippen molar-refractivity contribution in [1.29, 1.82) is 0 Å². The van der Waals surface area contributed by atoms with Crippen LogP contribution in [0, 0.1) is 19.3 Å². The Labute approximate surface area is 48.3 Å². The van der Waals surface area contributed by atoms with Gasteiger partial charge in [-0.05, 0) is 6.07 Å². The van der Waals surface area contributed by atoms with Gasteiger partial charge in [-0.2, -0.15) is 0 Å². The first-order valence-electron chi connectivity index (χ1n) is 2.20. The Balaban J connectivity index is 3.05. The van der Waals surface area contributed by atoms with E-state index in [0.29, 0.717) is 5.76 Å². The second-order valence-electron chi connectivity index (χ2n) is 1.45. The highest BCUT2D eigenvalue weighted by molar-refractivity contribution is 5.30. The van der Waals surface area contributed by atoms with Gasteiger partial charge in [-0.15, -0.1) is 6.42 Å². The van der Waals surface area contributed by atoms with Crippen molar-refractivity contribution in [3.8, 4) is 12.3 Å². The van der Waals surface area contributed by atoms with Gasteiger partial charge < -0.3 is 4.42 Å². The Bertz CT molecular complexity index is 215. The van der Waals surface area contributed by atoms with Crippen molar-refractivity contribution >= 4 is 0 Å². The van der Waals surface area contributed by atoms with Gasteiger partial charge in [0.05, 0.1) is 5.56 Å². The predicted octanol–water partition coefficient (Wildman–Crippen LogP) is 1.44. The van der Waals surface area contributed by atoms with Crippen LogP contribution >= 0.6 is 0 Å². The zero-order chi connectivity index (χ0) is 5.98. The SMILES string of the molecule is C#Cc1coc([CH2])c1. The normalized spacial score (nSPS) is 8.50. The van der Waals surface area contributed by atoms with E-state index in [9.17, 15) is 0 Å². The molecule has 0 fully saturated rings. The van der Waals surface area contributed by atoms with Crippen LogP contribution in [0.2, 0.25) is 0 Å². The number of furan rings is 1. The highest BCUT2D eigenvalue weighted by Crippen LogP contribution is 2.02. The lowest BCUT2D eigenvalue weighted by molar-refractivity contribution is 0.548. The van der Waals surface area contributed by atoms with Gasteiger partial charge in [0.1, 0.15) is 12.0 Å². The van der Waals surface area contributed by atoms with Crippen LogP contribution in [0.25, 0.3) is 0 Å². The standard InChI is InChI=1S/C7H5O/c1-3-7-4-6(2)8-5-7/h1,4-5H,2H2. The van der Waals surface area contributed by atoms with Crippen molar-refractivity contribution in [3.63, 3.8) is 0 Å². The van der Waals surface area contributed by atoms with E-state index in [-0.39, 0.29) is 0 Å². The fraction of sp³-hybridized carbons (Fsp3) is 0. The van der Waals surface area contributed by atoms with Crippen molar-refractivity contribution in [2.45, 2.75) is 0 Å². The topological polar surface area (TPSA) is 13.1 Å². The molecule has 1 rings (SSSR count). The molecular formula is C7H5O. The molecule has 0 amide bonds. The van der Waals surface area contributed by atoms with Gasteiger partial charge in [-0.25, -0.2) is 0 Å². The molecule has 0 aliphatic carbocycles. The van der Waals surface area contributed by atoms with E-state index in [2.05, 4.69) is 12.8 Å². The summed E-state index contributed by atoms with van der Waals surface area (Å²) in [5.41, 5.74) is 0.745. The van der Waals surface area contributed by atoms with Gasteiger partial charge in [0.2, 0.25) is 0 Å². The van der Waals surface area contributed by atoms with Crippen molar-refractivity contribution in [1.82, 2.24) is 0 Å². The van der Waals surface area contributed by atoms with E-state index in [1.165, 1.54) is 6.26 Å². The largest absolute Gasteiger partial charge is 0.468 e. The monoisotopic (exact) mass is 105 g/mol. The molecule has 0 unspecified atom stereocenters. The molecular weight excluding hydrogens is 100 g/mol. The summed E-state index contributed by atoms with van der Waals surface area (Å²) in [5.74, 6) is 3.02. The molecule has 1 heterocycles. The molecule has 1 aromatic heterocycles. The second-order valence-corrected chi connectivity index (χ2v) is 1.45. The fourth-order valence-electron chi connectivity index (χ4n) is 0.456. The average Bonchev–Trinajstić information content (AvgIpc) is 2.14. The van der Waals surface area contributed by atoms with E-state index >= 15 is 0 Å². The highest BCUT2D eigenvalue weighted by Gasteiger charge is 1.89. The molecule has 0 bridgehead atoms. The van der Waals surface area contributed by atoms with Gasteiger partial charge in [0, 0.05) is 6.92 Å². The van der Waals surface area contributed by atoms with Crippen LogP contribution in [0.5, 0.6) is 0 Å². The summed E-state index contributed by atoms with van der Waals surface area (Å²) in [6, 6.07) is 1.71. The molecule has 0 aliphatic rings. The molecule has 0 spiro atoms. The lowest BCUT2D eigenvalue weighted by Gasteiger charge is -1.68. The van der Waals surface area contributed by atoms with Crippen LogP contribution in [0.1, 0.15) is 11.3 Å². The summed E-state index contributed by atoms with van der Waals surface area (Å²) < 4.78 is 4.80. The van der Waals surface area contributed by atoms with E-state index < -0.39 is 0 Å². The van der Waals surface area contributed by atoms with E-state index in [1.54, 1.807) is 6.07 Å². The molecule has 0 saturated carbocycles. The minimum atomic E-state index is 0.609. The first-order chi connectivity index (χ1) is 3.83. The summed E-state index contributed by atoms with van der Waals surface area (Å²) in [6.45, 7) is 3.53. The van der Waals surface area contributed by atoms with Gasteiger partial charge in [-0.3, -0.25) is 0 Å². The van der Waals surface area contributed by atoms with Crippen LogP contribution in [0.4, 0.5) is 0 Å². The first kappa shape index (κ1) is 4.99. The Hall–Kier alpha value is -1.16. The van der Waals surface area contributed by atoms with Crippen molar-refractivity contribution in [2.24, 2.45) is 0 Å². The highest BCUT2D eigenvalue weighted by atomic mass is 16.3. The quantitative estimate of drug-likeness (QED) is 0.455. The molecule has 1 nitrogen and oxygen atoms in total. The maximum atomic E-state index is 5.03. The number of hydrogen-bond acceptors (Lipinski definition) is 1. The van der Waals surface area contributed by atoms with Crippen LogP contribution in [-0.2, 0) is 0 Å². The smallest absolute Gasteiger partial charge is 0.106 e. The van der Waals surface area contributed by atoms with Gasteiger partial charge in [-0.1, -0.05) is 5.92 Å². The van der Waals surface area contributed by atoms with Gasteiger partial charge in [0.15, 0.2) is 0 Å². The van der Waals surface area contributed by atoms with E-state index in [4.69, 9.17) is 10.8 Å². The third-order valence-electron chi connectivity index (χ3n) is 0.820. The molecule has 39 valence electrons. The number of rotatable bonds is 0. The summed E-state index contributed by atoms with van der Waals surface area (Å²) in [7, 11) is 0. The Morgan fingerprint density at radius 2 is 2.50 bits per heavy atom. The Morgan fingerprint density at radius 1 is 1.75 bits per heavy atom. The van der Waals surface area contributed by atoms with Crippen molar-refractivity contribution in [3.05, 3.63) is 30.6 Å². The number of terminal acetylenes is 1. The maximum Gasteiger partial charge on any atom is 0.106 e. The third kappa shape index (κ3) is 0.737. The van der Waals surface area contributed by atoms with E-state index in [1.807, 2.05) is 0 Å². The molecule has 0 aliphatic heterocycles. The van der Waals surface area contributed by atoms with Crippen LogP contribution < -0.4 is 0 Å². The average molecular weight is 105 g/mol. The molecule has 0 aromatic carbocycles. The lowest BCUT2D eigenvalue weighted by Crippen LogP contribution is -1.57. The van der Waals surface area contributed by atoms with E-state index in [0.717, 1.165) is 5.56 Å². The lowest BCUT2D eigenvalue weighted by atomic mass is 10.3. The number of hydrogen-bond donors (Lipinski definition) is 0. The Kier molecular flexibility index (Phi) is 1.09. The van der Waals surface area contributed by atoms with Crippen LogP contribution in [-0.4, -0.2) is 0 Å². The molecule has 0 saturated heterocycles. The second kappa shape index (κ2) is 1.75. The summed E-state index contributed by atoms with van der Waals surface area (Å²) in [5, 5.41) is 0. The van der Waals surface area contributed by atoms with Crippen molar-refractivity contribution < 1.29 is 4.42 Å². The first-order valence-corrected chi connectivity index (χ1v) is 2.20. The zero-order valence-electron chi connectivity index (χ0n) is 4.35. The molecule has 1 aromatic rings. The maximum absolute atomic E-state index is 5.03.